The molecule has 0 unspecified atom stereocenters. The van der Waals surface area contributed by atoms with Gasteiger partial charge in [-0.15, -0.1) is 10.2 Å². The highest BCUT2D eigenvalue weighted by Crippen LogP contribution is 2.23. The quantitative estimate of drug-likeness (QED) is 0.538. The van der Waals surface area contributed by atoms with Crippen LogP contribution in [0.5, 0.6) is 5.88 Å². The van der Waals surface area contributed by atoms with Crippen molar-refractivity contribution in [1.82, 2.24) is 14.8 Å². The van der Waals surface area contributed by atoms with Crippen molar-refractivity contribution in [1.29, 1.82) is 5.26 Å². The first kappa shape index (κ1) is 22.1. The van der Waals surface area contributed by atoms with Gasteiger partial charge in [-0.25, -0.2) is 8.42 Å². The van der Waals surface area contributed by atoms with Crippen LogP contribution in [-0.4, -0.2) is 34.5 Å². The van der Waals surface area contributed by atoms with Crippen LogP contribution in [0.15, 0.2) is 38.9 Å². The third kappa shape index (κ3) is 4.47. The molecular weight excluding hydrogens is 440 g/mol. The number of anilines is 1. The fourth-order valence-electron chi connectivity index (χ4n) is 2.66. The molecule has 0 radical (unpaired) electrons. The molecule has 0 fully saturated rings. The highest BCUT2D eigenvalue weighted by Gasteiger charge is 2.17. The van der Waals surface area contributed by atoms with Crippen LogP contribution in [0.3, 0.4) is 0 Å². The van der Waals surface area contributed by atoms with E-state index in [0.29, 0.717) is 17.7 Å². The largest absolute Gasteiger partial charge is 0.494 e. The molecular formula is C19H18N6O4S2. The molecule has 0 atom stereocenters. The van der Waals surface area contributed by atoms with Crippen LogP contribution in [0, 0.1) is 18.3 Å². The number of aryl methyl sites for hydroxylation is 1. The third-order valence-corrected chi connectivity index (χ3v) is 6.92. The second kappa shape index (κ2) is 8.66. The van der Waals surface area contributed by atoms with E-state index in [0.717, 1.165) is 20.9 Å². The molecule has 0 aliphatic rings. The number of hydrogen-bond donors (Lipinski definition) is 2. The zero-order chi connectivity index (χ0) is 22.8. The normalized spacial score (nSPS) is 11.5. The molecule has 0 saturated heterocycles. The maximum Gasteiger partial charge on any atom is 0.271 e. The van der Waals surface area contributed by atoms with E-state index >= 15 is 0 Å². The van der Waals surface area contributed by atoms with Gasteiger partial charge in [-0.2, -0.15) is 5.26 Å². The van der Waals surface area contributed by atoms with Crippen molar-refractivity contribution in [2.24, 2.45) is 12.0 Å². The lowest BCUT2D eigenvalue weighted by Crippen LogP contribution is -2.22. The average molecular weight is 459 g/mol. The zero-order valence-electron chi connectivity index (χ0n) is 16.8. The topological polar surface area (TPSA) is 150 Å². The first-order chi connectivity index (χ1) is 14.7. The number of aromatic hydroxyl groups is 1. The van der Waals surface area contributed by atoms with Crippen LogP contribution in [0.25, 0.3) is 0 Å². The number of nitrogens with zero attached hydrogens (tertiary/aromatic N) is 5. The van der Waals surface area contributed by atoms with E-state index in [9.17, 15) is 23.6 Å². The van der Waals surface area contributed by atoms with E-state index in [1.165, 1.54) is 37.5 Å². The molecule has 0 saturated carbocycles. The lowest BCUT2D eigenvalue weighted by atomic mass is 10.1. The molecule has 0 aliphatic heterocycles. The summed E-state index contributed by atoms with van der Waals surface area (Å²) in [4.78, 5) is 16.3. The Morgan fingerprint density at radius 1 is 1.32 bits per heavy atom. The van der Waals surface area contributed by atoms with Gasteiger partial charge in [-0.1, -0.05) is 18.3 Å². The Kier molecular flexibility index (Phi) is 6.19. The maximum atomic E-state index is 12.5. The predicted molar refractivity (Wildman–Crippen MR) is 117 cm³/mol. The zero-order valence-corrected chi connectivity index (χ0v) is 18.5. The fourth-order valence-corrected chi connectivity index (χ4v) is 4.57. The molecule has 12 heteroatoms. The summed E-state index contributed by atoms with van der Waals surface area (Å²) in [6.45, 7) is 3.44. The van der Waals surface area contributed by atoms with Crippen LogP contribution in [0.2, 0.25) is 0 Å². The summed E-state index contributed by atoms with van der Waals surface area (Å²) < 4.78 is 28.4. The summed E-state index contributed by atoms with van der Waals surface area (Å²) >= 11 is 1.16. The van der Waals surface area contributed by atoms with E-state index in [2.05, 4.69) is 19.9 Å². The van der Waals surface area contributed by atoms with Gasteiger partial charge >= 0.3 is 0 Å². The molecule has 0 bridgehead atoms. The molecule has 2 aromatic heterocycles. The van der Waals surface area contributed by atoms with Gasteiger partial charge in [0.25, 0.3) is 15.6 Å². The number of hydrogen-bond acceptors (Lipinski definition) is 9. The van der Waals surface area contributed by atoms with Gasteiger partial charge in [0.15, 0.2) is 0 Å². The van der Waals surface area contributed by atoms with Crippen molar-refractivity contribution in [2.45, 2.75) is 25.2 Å². The van der Waals surface area contributed by atoms with Crippen LogP contribution < -0.4 is 10.3 Å². The van der Waals surface area contributed by atoms with Gasteiger partial charge in [0.05, 0.1) is 16.1 Å². The second-order valence-corrected chi connectivity index (χ2v) is 9.17. The first-order valence-corrected chi connectivity index (χ1v) is 11.3. The monoisotopic (exact) mass is 458 g/mol. The Balaban J connectivity index is 1.86. The molecule has 0 aliphatic carbocycles. The van der Waals surface area contributed by atoms with E-state index in [-0.39, 0.29) is 27.0 Å². The molecule has 31 heavy (non-hydrogen) atoms. The SMILES string of the molecule is CCc1nnc(NS(=O)(=O)c2ccc(N=Cc3c(C)c(C#N)c(=O)n(C)c3O)cc2)s1. The van der Waals surface area contributed by atoms with E-state index in [1.807, 2.05) is 13.0 Å². The van der Waals surface area contributed by atoms with Gasteiger partial charge in [0.2, 0.25) is 11.0 Å². The molecule has 0 amide bonds. The smallest absolute Gasteiger partial charge is 0.271 e. The molecule has 2 heterocycles. The Bertz CT molecular complexity index is 1370. The van der Waals surface area contributed by atoms with Gasteiger partial charge in [0, 0.05) is 13.3 Å². The molecule has 2 N–H and O–H groups in total. The summed E-state index contributed by atoms with van der Waals surface area (Å²) in [5, 5.41) is 28.0. The number of pyridine rings is 1. The summed E-state index contributed by atoms with van der Waals surface area (Å²) in [5.41, 5.74) is 0.253. The van der Waals surface area contributed by atoms with Crippen molar-refractivity contribution in [3.05, 3.63) is 56.3 Å². The lowest BCUT2D eigenvalue weighted by molar-refractivity contribution is 0.421. The van der Waals surface area contributed by atoms with Crippen molar-refractivity contribution in [3.63, 3.8) is 0 Å². The third-order valence-electron chi connectivity index (χ3n) is 4.45. The lowest BCUT2D eigenvalue weighted by Gasteiger charge is -2.09. The number of nitriles is 1. The Morgan fingerprint density at radius 3 is 2.58 bits per heavy atom. The van der Waals surface area contributed by atoms with Gasteiger partial charge in [-0.05, 0) is 43.2 Å². The highest BCUT2D eigenvalue weighted by molar-refractivity contribution is 7.93. The summed E-state index contributed by atoms with van der Waals surface area (Å²) in [5.74, 6) is -0.322. The molecule has 1 aromatic carbocycles. The van der Waals surface area contributed by atoms with Crippen LogP contribution in [0.1, 0.15) is 28.6 Å². The van der Waals surface area contributed by atoms with Crippen molar-refractivity contribution >= 4 is 38.4 Å². The van der Waals surface area contributed by atoms with Gasteiger partial charge in [-0.3, -0.25) is 19.1 Å². The number of nitrogens with one attached hydrogen (secondary N) is 1. The Morgan fingerprint density at radius 2 is 2.00 bits per heavy atom. The predicted octanol–water partition coefficient (Wildman–Crippen LogP) is 2.24. The summed E-state index contributed by atoms with van der Waals surface area (Å²) in [6.07, 6.45) is 1.98. The minimum absolute atomic E-state index is 0.0209. The summed E-state index contributed by atoms with van der Waals surface area (Å²) in [7, 11) is -2.48. The van der Waals surface area contributed by atoms with Gasteiger partial charge < -0.3 is 5.11 Å². The first-order valence-electron chi connectivity index (χ1n) is 9.00. The fraction of sp³-hybridized carbons (Fsp3) is 0.211. The van der Waals surface area contributed by atoms with Crippen molar-refractivity contribution < 1.29 is 13.5 Å². The second-order valence-electron chi connectivity index (χ2n) is 6.43. The number of benzene rings is 1. The minimum atomic E-state index is -3.83. The maximum absolute atomic E-state index is 12.5. The molecule has 160 valence electrons. The van der Waals surface area contributed by atoms with E-state index < -0.39 is 15.6 Å². The molecule has 3 aromatic rings. The average Bonchev–Trinajstić information content (AvgIpc) is 3.20. The minimum Gasteiger partial charge on any atom is -0.494 e. The molecule has 0 spiro atoms. The van der Waals surface area contributed by atoms with Crippen molar-refractivity contribution in [2.75, 3.05) is 4.72 Å². The Labute approximate surface area is 182 Å². The van der Waals surface area contributed by atoms with E-state index in [1.54, 1.807) is 6.92 Å². The van der Waals surface area contributed by atoms with Crippen LogP contribution in [-0.2, 0) is 23.5 Å². The molecule has 10 nitrogen and oxygen atoms in total. The van der Waals surface area contributed by atoms with Crippen LogP contribution >= 0.6 is 11.3 Å². The molecule has 3 rings (SSSR count). The number of rotatable bonds is 6. The Hall–Kier alpha value is -3.56. The summed E-state index contributed by atoms with van der Waals surface area (Å²) in [6, 6.07) is 7.57. The van der Waals surface area contributed by atoms with Crippen LogP contribution in [0.4, 0.5) is 10.8 Å². The number of sulfonamides is 1. The standard InChI is InChI=1S/C19H18N6O4S2/c1-4-16-22-23-19(30-16)24-31(28,29)13-7-5-12(6-8-13)21-10-15-11(2)14(9-20)17(26)25(3)18(15)27/h5-8,10,27H,4H2,1-3H3,(H,23,24). The number of aliphatic imine (C=N–C) groups is 1. The highest BCUT2D eigenvalue weighted by atomic mass is 32.2. The van der Waals surface area contributed by atoms with E-state index in [4.69, 9.17) is 0 Å². The van der Waals surface area contributed by atoms with Crippen molar-refractivity contribution in [3.8, 4) is 11.9 Å². The van der Waals surface area contributed by atoms with Gasteiger partial charge in [0.1, 0.15) is 16.6 Å². The number of aromatic nitrogens is 3.